The van der Waals surface area contributed by atoms with Gasteiger partial charge in [0.1, 0.15) is 5.75 Å². The minimum absolute atomic E-state index is 0.464. The zero-order valence-electron chi connectivity index (χ0n) is 11.4. The Balaban J connectivity index is 2.11. The van der Waals surface area contributed by atoms with Crippen molar-refractivity contribution in [2.75, 3.05) is 12.4 Å². The Morgan fingerprint density at radius 1 is 1.20 bits per heavy atom. The fourth-order valence-electron chi connectivity index (χ4n) is 2.24. The van der Waals surface area contributed by atoms with Gasteiger partial charge in [0.25, 0.3) is 0 Å². The van der Waals surface area contributed by atoms with E-state index in [9.17, 15) is 0 Å². The molecule has 0 saturated carbocycles. The fraction of sp³-hybridized carbons (Fsp3) is 0.312. The number of rotatable bonds is 6. The lowest BCUT2D eigenvalue weighted by atomic mass is 9.94. The van der Waals surface area contributed by atoms with Crippen molar-refractivity contribution in [1.82, 2.24) is 4.98 Å². The third kappa shape index (κ3) is 3.97. The summed E-state index contributed by atoms with van der Waals surface area (Å²) in [5.41, 5.74) is 2.37. The molecule has 106 valence electrons. The molecule has 1 aromatic carbocycles. The van der Waals surface area contributed by atoms with Crippen molar-refractivity contribution in [3.8, 4) is 5.75 Å². The van der Waals surface area contributed by atoms with Crippen LogP contribution >= 0.6 is 27.5 Å². The van der Waals surface area contributed by atoms with E-state index in [1.165, 1.54) is 5.56 Å². The number of halogens is 2. The van der Waals surface area contributed by atoms with E-state index < -0.39 is 0 Å². The topological polar surface area (TPSA) is 22.1 Å². The molecule has 0 aliphatic carbocycles. The van der Waals surface area contributed by atoms with E-state index in [1.807, 2.05) is 24.3 Å². The Bertz CT molecular complexity index is 562. The van der Waals surface area contributed by atoms with E-state index in [4.69, 9.17) is 16.3 Å². The maximum absolute atomic E-state index is 6.18. The van der Waals surface area contributed by atoms with Gasteiger partial charge in [-0.25, -0.2) is 0 Å². The molecule has 0 aliphatic heterocycles. The van der Waals surface area contributed by atoms with Crippen LogP contribution in [-0.4, -0.2) is 17.4 Å². The second-order valence-corrected chi connectivity index (χ2v) is 5.76. The Hall–Kier alpha value is -1.06. The smallest absolute Gasteiger partial charge is 0.122 e. The van der Waals surface area contributed by atoms with Crippen LogP contribution in [0.25, 0.3) is 0 Å². The molecule has 2 nitrogen and oxygen atoms in total. The molecule has 0 saturated heterocycles. The quantitative estimate of drug-likeness (QED) is 0.711. The molecule has 0 aliphatic rings. The van der Waals surface area contributed by atoms with Gasteiger partial charge in [0, 0.05) is 17.7 Å². The van der Waals surface area contributed by atoms with Gasteiger partial charge < -0.3 is 4.74 Å². The Morgan fingerprint density at radius 3 is 2.65 bits per heavy atom. The van der Waals surface area contributed by atoms with Crippen LogP contribution in [-0.2, 0) is 12.8 Å². The highest BCUT2D eigenvalue weighted by Gasteiger charge is 2.14. The largest absolute Gasteiger partial charge is 0.496 e. The van der Waals surface area contributed by atoms with E-state index in [2.05, 4.69) is 27.0 Å². The van der Waals surface area contributed by atoms with Gasteiger partial charge in [-0.05, 0) is 42.0 Å². The van der Waals surface area contributed by atoms with Gasteiger partial charge in [-0.2, -0.15) is 0 Å². The number of ether oxygens (including phenoxy) is 1. The zero-order chi connectivity index (χ0) is 14.4. The SMILES string of the molecule is COc1ccccc1CC(CBr)Cc1ccncc1Cl. The number of benzene rings is 1. The summed E-state index contributed by atoms with van der Waals surface area (Å²) >= 11 is 9.79. The second kappa shape index (κ2) is 7.65. The predicted molar refractivity (Wildman–Crippen MR) is 86.9 cm³/mol. The van der Waals surface area contributed by atoms with Crippen molar-refractivity contribution in [3.63, 3.8) is 0 Å². The van der Waals surface area contributed by atoms with Crippen molar-refractivity contribution < 1.29 is 4.74 Å². The first kappa shape index (κ1) is 15.3. The summed E-state index contributed by atoms with van der Waals surface area (Å²) in [6.07, 6.45) is 5.36. The highest BCUT2D eigenvalue weighted by molar-refractivity contribution is 9.09. The average Bonchev–Trinajstić information content (AvgIpc) is 2.49. The van der Waals surface area contributed by atoms with Crippen LogP contribution in [0, 0.1) is 5.92 Å². The van der Waals surface area contributed by atoms with Gasteiger partial charge >= 0.3 is 0 Å². The lowest BCUT2D eigenvalue weighted by Gasteiger charge is -2.16. The van der Waals surface area contributed by atoms with Crippen molar-refractivity contribution in [3.05, 3.63) is 58.9 Å². The summed E-state index contributed by atoms with van der Waals surface area (Å²) in [6.45, 7) is 0. The number of nitrogens with zero attached hydrogens (tertiary/aromatic N) is 1. The number of para-hydroxylation sites is 1. The van der Waals surface area contributed by atoms with Crippen molar-refractivity contribution in [2.24, 2.45) is 5.92 Å². The Labute approximate surface area is 133 Å². The van der Waals surface area contributed by atoms with Crippen molar-refractivity contribution in [1.29, 1.82) is 0 Å². The lowest BCUT2D eigenvalue weighted by Crippen LogP contribution is -2.11. The Kier molecular flexibility index (Phi) is 5.86. The van der Waals surface area contributed by atoms with Crippen molar-refractivity contribution in [2.45, 2.75) is 12.8 Å². The van der Waals surface area contributed by atoms with Gasteiger partial charge in [-0.3, -0.25) is 4.98 Å². The molecule has 0 spiro atoms. The van der Waals surface area contributed by atoms with Crippen LogP contribution in [0.5, 0.6) is 5.75 Å². The number of methoxy groups -OCH3 is 1. The summed E-state index contributed by atoms with van der Waals surface area (Å²) in [4.78, 5) is 4.03. The number of hydrogen-bond donors (Lipinski definition) is 0. The molecule has 2 aromatic rings. The van der Waals surface area contributed by atoms with Gasteiger partial charge in [0.15, 0.2) is 0 Å². The number of alkyl halides is 1. The van der Waals surface area contributed by atoms with Crippen LogP contribution in [0.2, 0.25) is 5.02 Å². The van der Waals surface area contributed by atoms with Gasteiger partial charge in [0.2, 0.25) is 0 Å². The number of hydrogen-bond acceptors (Lipinski definition) is 2. The molecule has 0 radical (unpaired) electrons. The predicted octanol–water partition coefficient (Wildman–Crippen LogP) is 4.54. The minimum Gasteiger partial charge on any atom is -0.496 e. The second-order valence-electron chi connectivity index (χ2n) is 4.71. The average molecular weight is 355 g/mol. The lowest BCUT2D eigenvalue weighted by molar-refractivity contribution is 0.406. The number of aromatic nitrogens is 1. The van der Waals surface area contributed by atoms with E-state index in [-0.39, 0.29) is 0 Å². The standard InChI is InChI=1S/C16H17BrClNO/c1-20-16-5-3-2-4-14(16)9-12(10-17)8-13-6-7-19-11-15(13)18/h2-7,11-12H,8-10H2,1H3. The molecule has 20 heavy (non-hydrogen) atoms. The first-order valence-corrected chi connectivity index (χ1v) is 8.00. The molecule has 0 fully saturated rings. The van der Waals surface area contributed by atoms with Crippen LogP contribution in [0.15, 0.2) is 42.7 Å². The van der Waals surface area contributed by atoms with Gasteiger partial charge in [-0.1, -0.05) is 45.7 Å². The van der Waals surface area contributed by atoms with Crippen LogP contribution in [0.4, 0.5) is 0 Å². The van der Waals surface area contributed by atoms with Crippen LogP contribution < -0.4 is 4.74 Å². The zero-order valence-corrected chi connectivity index (χ0v) is 13.7. The molecule has 1 unspecified atom stereocenters. The highest BCUT2D eigenvalue weighted by Crippen LogP contribution is 2.25. The van der Waals surface area contributed by atoms with Gasteiger partial charge in [0.05, 0.1) is 12.1 Å². The molecule has 0 bridgehead atoms. The molecule has 0 amide bonds. The molecule has 1 atom stereocenters. The molecular weight excluding hydrogens is 338 g/mol. The minimum atomic E-state index is 0.464. The van der Waals surface area contributed by atoms with Crippen LogP contribution in [0.3, 0.4) is 0 Å². The summed E-state index contributed by atoms with van der Waals surface area (Å²) in [7, 11) is 1.71. The van der Waals surface area contributed by atoms with Crippen molar-refractivity contribution >= 4 is 27.5 Å². The molecule has 0 N–H and O–H groups in total. The maximum atomic E-state index is 6.18. The van der Waals surface area contributed by atoms with Gasteiger partial charge in [-0.15, -0.1) is 0 Å². The first-order chi connectivity index (χ1) is 9.74. The summed E-state index contributed by atoms with van der Waals surface area (Å²) in [5, 5.41) is 1.66. The Morgan fingerprint density at radius 2 is 1.95 bits per heavy atom. The highest BCUT2D eigenvalue weighted by atomic mass is 79.9. The van der Waals surface area contributed by atoms with Crippen LogP contribution in [0.1, 0.15) is 11.1 Å². The number of pyridine rings is 1. The molecule has 1 heterocycles. The summed E-state index contributed by atoms with van der Waals surface area (Å²) in [6, 6.07) is 10.1. The normalized spacial score (nSPS) is 12.2. The summed E-state index contributed by atoms with van der Waals surface area (Å²) in [5.74, 6) is 1.41. The third-order valence-corrected chi connectivity index (χ3v) is 4.54. The van der Waals surface area contributed by atoms with E-state index in [0.717, 1.165) is 34.5 Å². The maximum Gasteiger partial charge on any atom is 0.122 e. The van der Waals surface area contributed by atoms with E-state index in [0.29, 0.717) is 5.92 Å². The van der Waals surface area contributed by atoms with E-state index >= 15 is 0 Å². The molecular formula is C16H17BrClNO. The molecule has 1 aromatic heterocycles. The summed E-state index contributed by atoms with van der Waals surface area (Å²) < 4.78 is 5.41. The third-order valence-electron chi connectivity index (χ3n) is 3.28. The molecule has 4 heteroatoms. The molecule has 2 rings (SSSR count). The van der Waals surface area contributed by atoms with E-state index in [1.54, 1.807) is 19.5 Å². The first-order valence-electron chi connectivity index (χ1n) is 6.50. The fourth-order valence-corrected chi connectivity index (χ4v) is 2.90. The monoisotopic (exact) mass is 353 g/mol.